The molecule has 0 aliphatic carbocycles. The minimum absolute atomic E-state index is 0.0684. The molecule has 0 saturated carbocycles. The van der Waals surface area contributed by atoms with Crippen LogP contribution in [0, 0.1) is 6.92 Å². The number of aryl methyl sites for hydroxylation is 1. The zero-order valence-electron chi connectivity index (χ0n) is 9.40. The molecule has 1 fully saturated rings. The number of rotatable bonds is 3. The van der Waals surface area contributed by atoms with Crippen molar-refractivity contribution in [3.8, 4) is 0 Å². The Hall–Kier alpha value is -1.42. The van der Waals surface area contributed by atoms with Gasteiger partial charge in [-0.3, -0.25) is 9.78 Å². The second-order valence-corrected chi connectivity index (χ2v) is 4.04. The fourth-order valence-corrected chi connectivity index (χ4v) is 1.81. The number of carbonyl (C=O) groups excluding carboxylic acids is 1. The van der Waals surface area contributed by atoms with E-state index in [4.69, 9.17) is 4.74 Å². The second-order valence-electron chi connectivity index (χ2n) is 4.04. The van der Waals surface area contributed by atoms with E-state index in [0.717, 1.165) is 25.0 Å². The third kappa shape index (κ3) is 2.58. The molecular formula is C12H16N2O2. The van der Waals surface area contributed by atoms with E-state index in [-0.39, 0.29) is 12.0 Å². The minimum Gasteiger partial charge on any atom is -0.376 e. The Labute approximate surface area is 95.0 Å². The molecule has 0 radical (unpaired) electrons. The summed E-state index contributed by atoms with van der Waals surface area (Å²) in [4.78, 5) is 15.8. The fraction of sp³-hybridized carbons (Fsp3) is 0.500. The van der Waals surface area contributed by atoms with Crippen molar-refractivity contribution in [2.24, 2.45) is 0 Å². The fourth-order valence-electron chi connectivity index (χ4n) is 1.81. The van der Waals surface area contributed by atoms with Gasteiger partial charge in [-0.1, -0.05) is 0 Å². The zero-order valence-corrected chi connectivity index (χ0v) is 9.40. The molecule has 2 rings (SSSR count). The van der Waals surface area contributed by atoms with E-state index >= 15 is 0 Å². The topological polar surface area (TPSA) is 51.2 Å². The largest absolute Gasteiger partial charge is 0.376 e. The van der Waals surface area contributed by atoms with Gasteiger partial charge in [0.25, 0.3) is 5.91 Å². The summed E-state index contributed by atoms with van der Waals surface area (Å²) in [5, 5.41) is 2.88. The molecule has 4 nitrogen and oxygen atoms in total. The van der Waals surface area contributed by atoms with Crippen LogP contribution in [0.2, 0.25) is 0 Å². The first-order valence-corrected chi connectivity index (χ1v) is 5.58. The molecular weight excluding hydrogens is 204 g/mol. The molecule has 1 aliphatic rings. The van der Waals surface area contributed by atoms with Crippen LogP contribution in [0.25, 0.3) is 0 Å². The van der Waals surface area contributed by atoms with E-state index < -0.39 is 0 Å². The number of amides is 1. The van der Waals surface area contributed by atoms with Crippen LogP contribution >= 0.6 is 0 Å². The van der Waals surface area contributed by atoms with Crippen LogP contribution in [-0.2, 0) is 4.74 Å². The lowest BCUT2D eigenvalue weighted by Gasteiger charge is -2.11. The monoisotopic (exact) mass is 220 g/mol. The highest BCUT2D eigenvalue weighted by Gasteiger charge is 2.17. The number of nitrogens with zero attached hydrogens (tertiary/aromatic N) is 1. The summed E-state index contributed by atoms with van der Waals surface area (Å²) in [7, 11) is 0. The van der Waals surface area contributed by atoms with Gasteiger partial charge in [-0.15, -0.1) is 0 Å². The van der Waals surface area contributed by atoms with E-state index in [1.807, 2.05) is 13.0 Å². The lowest BCUT2D eigenvalue weighted by molar-refractivity contribution is 0.0857. The third-order valence-electron chi connectivity index (χ3n) is 2.80. The van der Waals surface area contributed by atoms with Crippen LogP contribution in [0.5, 0.6) is 0 Å². The Morgan fingerprint density at radius 2 is 2.56 bits per heavy atom. The van der Waals surface area contributed by atoms with Gasteiger partial charge >= 0.3 is 0 Å². The summed E-state index contributed by atoms with van der Waals surface area (Å²) in [6, 6.07) is 1.83. The summed E-state index contributed by atoms with van der Waals surface area (Å²) in [5.41, 5.74) is 1.58. The number of aromatic nitrogens is 1. The Kier molecular flexibility index (Phi) is 3.51. The van der Waals surface area contributed by atoms with Gasteiger partial charge in [0.1, 0.15) is 0 Å². The van der Waals surface area contributed by atoms with Crippen molar-refractivity contribution in [3.63, 3.8) is 0 Å². The normalized spacial score (nSPS) is 19.7. The Balaban J connectivity index is 1.90. The Bertz CT molecular complexity index is 373. The molecule has 1 aromatic rings. The van der Waals surface area contributed by atoms with Gasteiger partial charge < -0.3 is 10.1 Å². The molecule has 0 spiro atoms. The Morgan fingerprint density at radius 1 is 1.69 bits per heavy atom. The van der Waals surface area contributed by atoms with Gasteiger partial charge in [-0.2, -0.15) is 0 Å². The number of hydrogen-bond donors (Lipinski definition) is 1. The van der Waals surface area contributed by atoms with E-state index in [9.17, 15) is 4.79 Å². The molecule has 1 aromatic heterocycles. The molecule has 16 heavy (non-hydrogen) atoms. The molecule has 1 N–H and O–H groups in total. The first-order valence-electron chi connectivity index (χ1n) is 5.58. The molecule has 1 saturated heterocycles. The molecule has 1 aliphatic heterocycles. The van der Waals surface area contributed by atoms with Gasteiger partial charge in [-0.25, -0.2) is 0 Å². The summed E-state index contributed by atoms with van der Waals surface area (Å²) in [6.07, 6.45) is 5.59. The predicted molar refractivity (Wildman–Crippen MR) is 60.3 cm³/mol. The highest BCUT2D eigenvalue weighted by Crippen LogP contribution is 2.11. The van der Waals surface area contributed by atoms with Crippen LogP contribution in [0.1, 0.15) is 28.8 Å². The zero-order chi connectivity index (χ0) is 11.4. The summed E-state index contributed by atoms with van der Waals surface area (Å²) in [6.45, 7) is 3.31. The molecule has 1 amide bonds. The summed E-state index contributed by atoms with van der Waals surface area (Å²) in [5.74, 6) is -0.0684. The van der Waals surface area contributed by atoms with E-state index in [2.05, 4.69) is 10.3 Å². The maximum atomic E-state index is 11.8. The average Bonchev–Trinajstić information content (AvgIpc) is 2.79. The quantitative estimate of drug-likeness (QED) is 0.835. The molecule has 0 aromatic carbocycles. The molecule has 1 atom stereocenters. The van der Waals surface area contributed by atoms with Crippen molar-refractivity contribution in [1.29, 1.82) is 0 Å². The van der Waals surface area contributed by atoms with Gasteiger partial charge in [0.2, 0.25) is 0 Å². The van der Waals surface area contributed by atoms with Crippen molar-refractivity contribution >= 4 is 5.91 Å². The van der Waals surface area contributed by atoms with Crippen molar-refractivity contribution in [1.82, 2.24) is 10.3 Å². The molecule has 2 heterocycles. The summed E-state index contributed by atoms with van der Waals surface area (Å²) < 4.78 is 5.44. The van der Waals surface area contributed by atoms with Crippen LogP contribution < -0.4 is 5.32 Å². The van der Waals surface area contributed by atoms with Crippen LogP contribution in [-0.4, -0.2) is 30.1 Å². The first kappa shape index (κ1) is 11.1. The lowest BCUT2D eigenvalue weighted by Crippen LogP contribution is -2.32. The highest BCUT2D eigenvalue weighted by atomic mass is 16.5. The number of ether oxygens (including phenoxy) is 1. The smallest absolute Gasteiger partial charge is 0.253 e. The van der Waals surface area contributed by atoms with E-state index in [1.54, 1.807) is 12.4 Å². The van der Waals surface area contributed by atoms with E-state index in [0.29, 0.717) is 12.1 Å². The van der Waals surface area contributed by atoms with Crippen LogP contribution in [0.4, 0.5) is 0 Å². The average molecular weight is 220 g/mol. The predicted octanol–water partition coefficient (Wildman–Crippen LogP) is 1.30. The SMILES string of the molecule is Cc1ccncc1C(=O)NC[C@H]1CCCO1. The lowest BCUT2D eigenvalue weighted by atomic mass is 10.1. The second kappa shape index (κ2) is 5.07. The van der Waals surface area contributed by atoms with Crippen LogP contribution in [0.3, 0.4) is 0 Å². The minimum atomic E-state index is -0.0684. The highest BCUT2D eigenvalue weighted by molar-refractivity contribution is 5.95. The van der Waals surface area contributed by atoms with E-state index in [1.165, 1.54) is 0 Å². The van der Waals surface area contributed by atoms with Gasteiger partial charge in [-0.05, 0) is 31.4 Å². The maximum absolute atomic E-state index is 11.8. The molecule has 86 valence electrons. The standard InChI is InChI=1S/C12H16N2O2/c1-9-4-5-13-8-11(9)12(15)14-7-10-3-2-6-16-10/h4-5,8,10H,2-3,6-7H2,1H3,(H,14,15)/t10-/m1/s1. The van der Waals surface area contributed by atoms with Crippen molar-refractivity contribution in [3.05, 3.63) is 29.6 Å². The van der Waals surface area contributed by atoms with Crippen molar-refractivity contribution in [2.75, 3.05) is 13.2 Å². The maximum Gasteiger partial charge on any atom is 0.253 e. The summed E-state index contributed by atoms with van der Waals surface area (Å²) >= 11 is 0. The van der Waals surface area contributed by atoms with Crippen molar-refractivity contribution < 1.29 is 9.53 Å². The third-order valence-corrected chi connectivity index (χ3v) is 2.80. The van der Waals surface area contributed by atoms with Gasteiger partial charge in [0.15, 0.2) is 0 Å². The number of pyridine rings is 1. The number of hydrogen-bond acceptors (Lipinski definition) is 3. The molecule has 0 unspecified atom stereocenters. The first-order chi connectivity index (χ1) is 7.77. The number of carbonyl (C=O) groups is 1. The molecule has 4 heteroatoms. The van der Waals surface area contributed by atoms with Gasteiger partial charge in [0, 0.05) is 25.5 Å². The number of nitrogens with one attached hydrogen (secondary N) is 1. The van der Waals surface area contributed by atoms with Crippen molar-refractivity contribution in [2.45, 2.75) is 25.9 Å². The Morgan fingerprint density at radius 3 is 3.25 bits per heavy atom. The molecule has 0 bridgehead atoms. The van der Waals surface area contributed by atoms with Gasteiger partial charge in [0.05, 0.1) is 11.7 Å². The van der Waals surface area contributed by atoms with Crippen LogP contribution in [0.15, 0.2) is 18.5 Å².